The van der Waals surface area contributed by atoms with Crippen LogP contribution >= 0.6 is 11.3 Å². The van der Waals surface area contributed by atoms with Crippen LogP contribution in [0.15, 0.2) is 35.7 Å². The number of carbonyl (C=O) groups excluding carboxylic acids is 3. The molecule has 3 N–H and O–H groups in total. The Morgan fingerprint density at radius 3 is 2.38 bits per heavy atom. The van der Waals surface area contributed by atoms with Crippen LogP contribution in [-0.4, -0.2) is 30.5 Å². The molecule has 0 unspecified atom stereocenters. The third-order valence-corrected chi connectivity index (χ3v) is 3.97. The quantitative estimate of drug-likeness (QED) is 0.714. The molecule has 0 fully saturated rings. The molecule has 0 aliphatic heterocycles. The van der Waals surface area contributed by atoms with E-state index in [1.54, 1.807) is 5.38 Å². The van der Waals surface area contributed by atoms with E-state index < -0.39 is 30.5 Å². The first-order valence-electron chi connectivity index (χ1n) is 7.22. The van der Waals surface area contributed by atoms with Gasteiger partial charge < -0.3 is 20.5 Å². The number of hydrogen-bond donors (Lipinski definition) is 2. The Balaban J connectivity index is 1.96. The fraction of sp³-hybridized carbons (Fsp3) is 0.188. The van der Waals surface area contributed by atoms with E-state index in [1.807, 2.05) is 0 Å². The fourth-order valence-electron chi connectivity index (χ4n) is 1.87. The van der Waals surface area contributed by atoms with Gasteiger partial charge in [-0.05, 0) is 42.6 Å². The Morgan fingerprint density at radius 2 is 1.81 bits per heavy atom. The van der Waals surface area contributed by atoms with Gasteiger partial charge in [0.1, 0.15) is 10.8 Å². The number of alkyl halides is 2. The molecule has 1 aromatic heterocycles. The smallest absolute Gasteiger partial charge is 0.387 e. The van der Waals surface area contributed by atoms with Gasteiger partial charge in [-0.3, -0.25) is 9.59 Å². The summed E-state index contributed by atoms with van der Waals surface area (Å²) >= 11 is 1.10. The largest absolute Gasteiger partial charge is 0.449 e. The van der Waals surface area contributed by atoms with Gasteiger partial charge in [0.05, 0.1) is 11.1 Å². The second-order valence-corrected chi connectivity index (χ2v) is 5.88. The zero-order chi connectivity index (χ0) is 19.3. The van der Waals surface area contributed by atoms with Gasteiger partial charge in [-0.15, -0.1) is 11.3 Å². The lowest BCUT2D eigenvalue weighted by atomic mass is 10.2. The van der Waals surface area contributed by atoms with E-state index in [4.69, 9.17) is 10.5 Å². The van der Waals surface area contributed by atoms with E-state index in [-0.39, 0.29) is 21.9 Å². The van der Waals surface area contributed by atoms with Crippen molar-refractivity contribution in [3.8, 4) is 5.75 Å². The molecule has 0 saturated heterocycles. The van der Waals surface area contributed by atoms with Gasteiger partial charge in [0.25, 0.3) is 11.8 Å². The van der Waals surface area contributed by atoms with Gasteiger partial charge in [0.15, 0.2) is 6.10 Å². The van der Waals surface area contributed by atoms with E-state index in [1.165, 1.54) is 37.3 Å². The highest BCUT2D eigenvalue weighted by atomic mass is 32.1. The molecule has 0 spiro atoms. The highest BCUT2D eigenvalue weighted by Gasteiger charge is 2.21. The summed E-state index contributed by atoms with van der Waals surface area (Å²) in [5, 5.41) is 4.29. The lowest BCUT2D eigenvalue weighted by Crippen LogP contribution is -2.30. The van der Waals surface area contributed by atoms with Crippen molar-refractivity contribution in [1.82, 2.24) is 0 Å². The minimum Gasteiger partial charge on any atom is -0.449 e. The predicted molar refractivity (Wildman–Crippen MR) is 89.4 cm³/mol. The van der Waals surface area contributed by atoms with Crippen LogP contribution in [-0.2, 0) is 9.53 Å². The van der Waals surface area contributed by atoms with Crippen LogP contribution in [0.5, 0.6) is 5.75 Å². The van der Waals surface area contributed by atoms with Crippen molar-refractivity contribution in [2.45, 2.75) is 19.6 Å². The SMILES string of the molecule is C[C@@H](OC(=O)c1ccc(OC(F)F)cc1)C(=O)Nc1sccc1C(N)=O. The number of benzene rings is 1. The Morgan fingerprint density at radius 1 is 1.15 bits per heavy atom. The summed E-state index contributed by atoms with van der Waals surface area (Å²) < 4.78 is 33.4. The lowest BCUT2D eigenvalue weighted by Gasteiger charge is -2.13. The number of hydrogen-bond acceptors (Lipinski definition) is 6. The van der Waals surface area contributed by atoms with E-state index in [9.17, 15) is 23.2 Å². The number of esters is 1. The Hall–Kier alpha value is -3.01. The molecule has 0 radical (unpaired) electrons. The zero-order valence-corrected chi connectivity index (χ0v) is 14.2. The van der Waals surface area contributed by atoms with E-state index >= 15 is 0 Å². The molecule has 1 atom stereocenters. The van der Waals surface area contributed by atoms with Gasteiger partial charge in [-0.25, -0.2) is 4.79 Å². The fourth-order valence-corrected chi connectivity index (χ4v) is 2.66. The Bertz CT molecular complexity index is 807. The Labute approximate surface area is 150 Å². The first-order chi connectivity index (χ1) is 12.3. The minimum atomic E-state index is -2.97. The number of nitrogens with one attached hydrogen (secondary N) is 1. The summed E-state index contributed by atoms with van der Waals surface area (Å²) in [6, 6.07) is 6.28. The highest BCUT2D eigenvalue weighted by Crippen LogP contribution is 2.23. The van der Waals surface area contributed by atoms with Crippen molar-refractivity contribution in [1.29, 1.82) is 0 Å². The van der Waals surface area contributed by atoms with Crippen molar-refractivity contribution < 1.29 is 32.6 Å². The van der Waals surface area contributed by atoms with Crippen LogP contribution in [0.3, 0.4) is 0 Å². The zero-order valence-electron chi connectivity index (χ0n) is 13.4. The number of rotatable bonds is 7. The third-order valence-electron chi connectivity index (χ3n) is 3.14. The molecule has 1 aromatic carbocycles. The summed E-state index contributed by atoms with van der Waals surface area (Å²) in [6.45, 7) is -1.63. The van der Waals surface area contributed by atoms with Gasteiger partial charge >= 0.3 is 12.6 Å². The normalized spacial score (nSPS) is 11.7. The summed E-state index contributed by atoms with van der Waals surface area (Å²) in [7, 11) is 0. The van der Waals surface area contributed by atoms with E-state index in [2.05, 4.69) is 10.1 Å². The molecule has 0 aliphatic carbocycles. The second-order valence-electron chi connectivity index (χ2n) is 4.97. The molecule has 2 aromatic rings. The molecule has 10 heteroatoms. The number of halogens is 2. The topological polar surface area (TPSA) is 108 Å². The van der Waals surface area contributed by atoms with Crippen LogP contribution < -0.4 is 15.8 Å². The van der Waals surface area contributed by atoms with Crippen molar-refractivity contribution in [3.05, 3.63) is 46.8 Å². The summed E-state index contributed by atoms with van der Waals surface area (Å²) in [4.78, 5) is 35.3. The number of nitrogens with two attached hydrogens (primary N) is 1. The van der Waals surface area contributed by atoms with Crippen LogP contribution in [0.4, 0.5) is 13.8 Å². The number of amides is 2. The maximum Gasteiger partial charge on any atom is 0.387 e. The summed E-state index contributed by atoms with van der Waals surface area (Å²) in [5.41, 5.74) is 5.39. The highest BCUT2D eigenvalue weighted by molar-refractivity contribution is 7.14. The lowest BCUT2D eigenvalue weighted by molar-refractivity contribution is -0.123. The van der Waals surface area contributed by atoms with Crippen molar-refractivity contribution in [3.63, 3.8) is 0 Å². The molecule has 0 saturated carbocycles. The van der Waals surface area contributed by atoms with Crippen molar-refractivity contribution in [2.24, 2.45) is 5.73 Å². The number of ether oxygens (including phenoxy) is 2. The van der Waals surface area contributed by atoms with E-state index in [0.717, 1.165) is 11.3 Å². The monoisotopic (exact) mass is 384 g/mol. The number of thiophene rings is 1. The first-order valence-corrected chi connectivity index (χ1v) is 8.10. The maximum absolute atomic E-state index is 12.1. The molecule has 138 valence electrons. The average Bonchev–Trinajstić information content (AvgIpc) is 3.03. The van der Waals surface area contributed by atoms with Crippen LogP contribution in [0.2, 0.25) is 0 Å². The molecule has 26 heavy (non-hydrogen) atoms. The van der Waals surface area contributed by atoms with Gasteiger partial charge in [0.2, 0.25) is 0 Å². The van der Waals surface area contributed by atoms with Crippen LogP contribution in [0.25, 0.3) is 0 Å². The molecule has 7 nitrogen and oxygen atoms in total. The van der Waals surface area contributed by atoms with Gasteiger partial charge in [0, 0.05) is 0 Å². The number of carbonyl (C=O) groups is 3. The second kappa shape index (κ2) is 8.39. The van der Waals surface area contributed by atoms with Crippen molar-refractivity contribution in [2.75, 3.05) is 5.32 Å². The molecule has 2 amide bonds. The molecular weight excluding hydrogens is 370 g/mol. The molecule has 0 aliphatic rings. The van der Waals surface area contributed by atoms with Crippen molar-refractivity contribution >= 4 is 34.1 Å². The van der Waals surface area contributed by atoms with Crippen LogP contribution in [0, 0.1) is 0 Å². The maximum atomic E-state index is 12.1. The number of primary amides is 1. The minimum absolute atomic E-state index is 0.0558. The summed E-state index contributed by atoms with van der Waals surface area (Å²) in [6.07, 6.45) is -1.16. The molecule has 1 heterocycles. The predicted octanol–water partition coefficient (Wildman–Crippen LogP) is 2.63. The van der Waals surface area contributed by atoms with E-state index in [0.29, 0.717) is 0 Å². The number of anilines is 1. The average molecular weight is 384 g/mol. The first kappa shape index (κ1) is 19.3. The summed E-state index contributed by atoms with van der Waals surface area (Å²) in [5.74, 6) is -2.28. The molecule has 0 bridgehead atoms. The Kier molecular flexibility index (Phi) is 6.23. The standard InChI is InChI=1S/C16H14F2N2O5S/c1-8(13(22)20-14-11(12(19)21)6-7-26-14)24-15(23)9-2-4-10(5-3-9)25-16(17)18/h2-8,16H,1H3,(H2,19,21)(H,20,22)/t8-/m1/s1. The van der Waals surface area contributed by atoms with Gasteiger partial charge in [-0.1, -0.05) is 0 Å². The third kappa shape index (κ3) is 4.99. The van der Waals surface area contributed by atoms with Crippen LogP contribution in [0.1, 0.15) is 27.6 Å². The molecular formula is C16H14F2N2O5S. The van der Waals surface area contributed by atoms with Gasteiger partial charge in [-0.2, -0.15) is 8.78 Å². The molecule has 2 rings (SSSR count).